The molecule has 0 aromatic rings. The molecule has 1 aliphatic heterocycles. The fraction of sp³-hybridized carbons (Fsp3) is 0.889. The Labute approximate surface area is 67.8 Å². The molecule has 11 heavy (non-hydrogen) atoms. The first-order valence-corrected chi connectivity index (χ1v) is 4.39. The number of nitrogens with zero attached hydrogens (tertiary/aromatic N) is 2. The van der Waals surface area contributed by atoms with Crippen LogP contribution in [0.4, 0.5) is 0 Å². The van der Waals surface area contributed by atoms with Gasteiger partial charge >= 0.3 is 0 Å². The molecule has 0 bridgehead atoms. The summed E-state index contributed by atoms with van der Waals surface area (Å²) in [6, 6.07) is 3.20. The van der Waals surface area contributed by atoms with Gasteiger partial charge in [-0.1, -0.05) is 0 Å². The van der Waals surface area contributed by atoms with Crippen LogP contribution in [0, 0.1) is 23.2 Å². The van der Waals surface area contributed by atoms with Gasteiger partial charge in [-0.15, -0.1) is 0 Å². The number of hydrogen-bond acceptors (Lipinski definition) is 2. The number of nitriles is 1. The van der Waals surface area contributed by atoms with E-state index in [1.54, 1.807) is 0 Å². The highest BCUT2D eigenvalue weighted by Crippen LogP contribution is 2.49. The van der Waals surface area contributed by atoms with E-state index in [-0.39, 0.29) is 6.04 Å². The van der Waals surface area contributed by atoms with E-state index < -0.39 is 0 Å². The van der Waals surface area contributed by atoms with Gasteiger partial charge in [0.2, 0.25) is 0 Å². The summed E-state index contributed by atoms with van der Waals surface area (Å²) >= 11 is 0. The van der Waals surface area contributed by atoms with Crippen molar-refractivity contribution in [1.82, 2.24) is 4.90 Å². The van der Waals surface area contributed by atoms with Crippen LogP contribution in [-0.4, -0.2) is 23.5 Å². The highest BCUT2D eigenvalue weighted by Gasteiger charge is 2.53. The van der Waals surface area contributed by atoms with Crippen LogP contribution in [0.2, 0.25) is 0 Å². The van der Waals surface area contributed by atoms with Crippen molar-refractivity contribution in [2.24, 2.45) is 11.8 Å². The third kappa shape index (κ3) is 0.954. The Morgan fingerprint density at radius 1 is 1.55 bits per heavy atom. The maximum absolute atomic E-state index is 8.89. The van der Waals surface area contributed by atoms with Crippen molar-refractivity contribution in [1.29, 1.82) is 5.26 Å². The van der Waals surface area contributed by atoms with Gasteiger partial charge in [-0.2, -0.15) is 5.26 Å². The van der Waals surface area contributed by atoms with E-state index in [1.165, 1.54) is 13.0 Å². The molecular weight excluding hydrogens is 136 g/mol. The van der Waals surface area contributed by atoms with Crippen LogP contribution in [0.3, 0.4) is 0 Å². The molecule has 1 heterocycles. The smallest absolute Gasteiger partial charge is 0.101 e. The Morgan fingerprint density at radius 3 is 2.73 bits per heavy atom. The fourth-order valence-corrected chi connectivity index (χ4v) is 2.20. The molecule has 0 aromatic carbocycles. The summed E-state index contributed by atoms with van der Waals surface area (Å²) in [6.07, 6.45) is 1.31. The lowest BCUT2D eigenvalue weighted by Gasteiger charge is -2.25. The van der Waals surface area contributed by atoms with Crippen molar-refractivity contribution >= 4 is 0 Å². The summed E-state index contributed by atoms with van der Waals surface area (Å²) in [6.45, 7) is 5.52. The van der Waals surface area contributed by atoms with Crippen molar-refractivity contribution in [2.75, 3.05) is 6.54 Å². The fourth-order valence-electron chi connectivity index (χ4n) is 2.20. The second-order valence-corrected chi connectivity index (χ2v) is 4.02. The highest BCUT2D eigenvalue weighted by molar-refractivity contribution is 5.13. The topological polar surface area (TPSA) is 27.0 Å². The Hall–Kier alpha value is -0.550. The standard InChI is InChI=1S/C9H14N2/c1-6(2)11-5-7-3-8(7)9(11)4-10/h6-9H,3,5H2,1-2H3. The van der Waals surface area contributed by atoms with Gasteiger partial charge in [0.15, 0.2) is 0 Å². The zero-order valence-electron chi connectivity index (χ0n) is 7.12. The van der Waals surface area contributed by atoms with Crippen LogP contribution in [0.15, 0.2) is 0 Å². The molecule has 2 fully saturated rings. The minimum Gasteiger partial charge on any atom is -0.285 e. The first kappa shape index (κ1) is 7.12. The monoisotopic (exact) mass is 150 g/mol. The molecule has 0 aromatic heterocycles. The number of hydrogen-bond donors (Lipinski definition) is 0. The van der Waals surface area contributed by atoms with Gasteiger partial charge in [0.1, 0.15) is 6.04 Å². The zero-order valence-corrected chi connectivity index (χ0v) is 7.12. The Morgan fingerprint density at radius 2 is 2.27 bits per heavy atom. The average molecular weight is 150 g/mol. The molecule has 3 atom stereocenters. The minimum absolute atomic E-state index is 0.236. The maximum Gasteiger partial charge on any atom is 0.101 e. The maximum atomic E-state index is 8.89. The second kappa shape index (κ2) is 2.22. The number of piperidine rings is 1. The quantitative estimate of drug-likeness (QED) is 0.562. The predicted octanol–water partition coefficient (Wildman–Crippen LogP) is 1.24. The van der Waals surface area contributed by atoms with E-state index >= 15 is 0 Å². The van der Waals surface area contributed by atoms with Crippen LogP contribution >= 0.6 is 0 Å². The molecule has 2 rings (SSSR count). The minimum atomic E-state index is 0.236. The van der Waals surface area contributed by atoms with Gasteiger partial charge in [0, 0.05) is 12.6 Å². The average Bonchev–Trinajstić information content (AvgIpc) is 2.63. The summed E-state index contributed by atoms with van der Waals surface area (Å²) in [5, 5.41) is 8.89. The van der Waals surface area contributed by atoms with Crippen molar-refractivity contribution in [3.05, 3.63) is 0 Å². The van der Waals surface area contributed by atoms with Gasteiger partial charge in [0.05, 0.1) is 6.07 Å². The lowest BCUT2D eigenvalue weighted by Crippen LogP contribution is -2.37. The SMILES string of the molecule is CC(C)N1CC2CC2C1C#N. The van der Waals surface area contributed by atoms with Crippen LogP contribution in [0.1, 0.15) is 20.3 Å². The van der Waals surface area contributed by atoms with E-state index in [2.05, 4.69) is 24.8 Å². The van der Waals surface area contributed by atoms with Gasteiger partial charge < -0.3 is 0 Å². The molecule has 60 valence electrons. The van der Waals surface area contributed by atoms with Gasteiger partial charge in [0.25, 0.3) is 0 Å². The third-order valence-electron chi connectivity index (χ3n) is 2.98. The molecule has 1 saturated heterocycles. The molecule has 1 aliphatic carbocycles. The predicted molar refractivity (Wildman–Crippen MR) is 42.8 cm³/mol. The van der Waals surface area contributed by atoms with E-state index in [0.717, 1.165) is 11.8 Å². The molecule has 2 heteroatoms. The Balaban J connectivity index is 2.08. The molecule has 2 nitrogen and oxygen atoms in total. The molecule has 0 N–H and O–H groups in total. The van der Waals surface area contributed by atoms with Crippen molar-refractivity contribution < 1.29 is 0 Å². The molecule has 2 aliphatic rings. The molecule has 3 unspecified atom stereocenters. The number of rotatable bonds is 1. The number of likely N-dealkylation sites (tertiary alicyclic amines) is 1. The largest absolute Gasteiger partial charge is 0.285 e. The van der Waals surface area contributed by atoms with Crippen LogP contribution in [0.25, 0.3) is 0 Å². The van der Waals surface area contributed by atoms with Crippen LogP contribution in [0.5, 0.6) is 0 Å². The molecule has 0 amide bonds. The second-order valence-electron chi connectivity index (χ2n) is 4.02. The zero-order chi connectivity index (χ0) is 8.01. The third-order valence-corrected chi connectivity index (χ3v) is 2.98. The first-order valence-electron chi connectivity index (χ1n) is 4.39. The summed E-state index contributed by atoms with van der Waals surface area (Å²) < 4.78 is 0. The summed E-state index contributed by atoms with van der Waals surface area (Å²) in [4.78, 5) is 2.33. The molecule has 0 radical (unpaired) electrons. The molecule has 0 spiro atoms. The molecule has 1 saturated carbocycles. The normalized spacial score (nSPS) is 42.2. The van der Waals surface area contributed by atoms with Crippen LogP contribution in [-0.2, 0) is 0 Å². The summed E-state index contributed by atoms with van der Waals surface area (Å²) in [5.41, 5.74) is 0. The van der Waals surface area contributed by atoms with Crippen LogP contribution < -0.4 is 0 Å². The lowest BCUT2D eigenvalue weighted by atomic mass is 10.2. The highest BCUT2D eigenvalue weighted by atomic mass is 15.2. The van der Waals surface area contributed by atoms with E-state index in [4.69, 9.17) is 5.26 Å². The van der Waals surface area contributed by atoms with Gasteiger partial charge in [-0.25, -0.2) is 0 Å². The number of fused-ring (bicyclic) bond motifs is 1. The Kier molecular flexibility index (Phi) is 1.43. The van der Waals surface area contributed by atoms with E-state index in [1.807, 2.05) is 0 Å². The van der Waals surface area contributed by atoms with Gasteiger partial charge in [-0.3, -0.25) is 4.90 Å². The lowest BCUT2D eigenvalue weighted by molar-refractivity contribution is 0.209. The van der Waals surface area contributed by atoms with E-state index in [0.29, 0.717) is 6.04 Å². The van der Waals surface area contributed by atoms with Crippen molar-refractivity contribution in [3.8, 4) is 6.07 Å². The molecular formula is C9H14N2. The van der Waals surface area contributed by atoms with Crippen molar-refractivity contribution in [3.63, 3.8) is 0 Å². The van der Waals surface area contributed by atoms with E-state index in [9.17, 15) is 0 Å². The van der Waals surface area contributed by atoms with Gasteiger partial charge in [-0.05, 0) is 32.1 Å². The Bertz CT molecular complexity index is 204. The summed E-state index contributed by atoms with van der Waals surface area (Å²) in [7, 11) is 0. The summed E-state index contributed by atoms with van der Waals surface area (Å²) in [5.74, 6) is 1.59. The van der Waals surface area contributed by atoms with Crippen molar-refractivity contribution in [2.45, 2.75) is 32.4 Å². The first-order chi connectivity index (χ1) is 5.24.